The lowest BCUT2D eigenvalue weighted by Gasteiger charge is -2.13. The van der Waals surface area contributed by atoms with E-state index in [1.807, 2.05) is 0 Å². The fraction of sp³-hybridized carbons (Fsp3) is 0.176. The molecule has 0 spiro atoms. The van der Waals surface area contributed by atoms with Crippen LogP contribution in [-0.2, 0) is 9.59 Å². The quantitative estimate of drug-likeness (QED) is 0.491. The Morgan fingerprint density at radius 3 is 2.48 bits per heavy atom. The first kappa shape index (κ1) is 20.0. The third kappa shape index (κ3) is 5.58. The first-order valence-corrected chi connectivity index (χ1v) is 8.11. The average Bonchev–Trinajstić information content (AvgIpc) is 2.60. The van der Waals surface area contributed by atoms with Crippen LogP contribution in [0.3, 0.4) is 0 Å². The minimum atomic E-state index is -0.605. The number of carbonyl (C=O) groups is 2. The predicted molar refractivity (Wildman–Crippen MR) is 103 cm³/mol. The number of nitro groups is 1. The molecule has 0 radical (unpaired) electrons. The normalized spacial score (nSPS) is 10.0. The number of rotatable bonds is 7. The molecule has 10 heteroatoms. The highest BCUT2D eigenvalue weighted by atomic mass is 35.5. The summed E-state index contributed by atoms with van der Waals surface area (Å²) in [5.41, 5.74) is 0.990. The van der Waals surface area contributed by atoms with E-state index in [1.54, 1.807) is 18.2 Å². The number of methoxy groups -OCH3 is 1. The van der Waals surface area contributed by atoms with Gasteiger partial charge in [0.2, 0.25) is 11.8 Å². The highest BCUT2D eigenvalue weighted by Crippen LogP contribution is 2.29. The Morgan fingerprint density at radius 1 is 1.15 bits per heavy atom. The third-order valence-electron chi connectivity index (χ3n) is 3.39. The van der Waals surface area contributed by atoms with E-state index in [0.717, 1.165) is 0 Å². The molecule has 0 bridgehead atoms. The Labute approximate surface area is 159 Å². The first-order valence-electron chi connectivity index (χ1n) is 7.73. The minimum Gasteiger partial charge on any atom is -0.495 e. The number of nitrogens with one attached hydrogen (secondary N) is 3. The van der Waals surface area contributed by atoms with Gasteiger partial charge in [-0.05, 0) is 30.3 Å². The molecule has 0 aliphatic carbocycles. The van der Waals surface area contributed by atoms with E-state index in [4.69, 9.17) is 16.3 Å². The zero-order valence-corrected chi connectivity index (χ0v) is 15.3. The standard InChI is InChI=1S/C17H17ClN4O5/c1-10(23)20-12-4-6-16(27-2)14(7-12)21-17(24)9-19-11-3-5-13(18)15(8-11)22(25)26/h3-8,19H,9H2,1-2H3,(H,20,23)(H,21,24). The molecule has 0 heterocycles. The van der Waals surface area contributed by atoms with Crippen LogP contribution in [0.2, 0.25) is 5.02 Å². The van der Waals surface area contributed by atoms with Crippen LogP contribution < -0.4 is 20.7 Å². The molecule has 3 N–H and O–H groups in total. The monoisotopic (exact) mass is 392 g/mol. The highest BCUT2D eigenvalue weighted by molar-refractivity contribution is 6.32. The molecule has 2 aromatic carbocycles. The zero-order chi connectivity index (χ0) is 20.0. The summed E-state index contributed by atoms with van der Waals surface area (Å²) in [4.78, 5) is 33.7. The largest absolute Gasteiger partial charge is 0.495 e. The van der Waals surface area contributed by atoms with Crippen LogP contribution in [0.25, 0.3) is 0 Å². The molecule has 142 valence electrons. The van der Waals surface area contributed by atoms with E-state index in [-0.39, 0.29) is 23.2 Å². The van der Waals surface area contributed by atoms with Gasteiger partial charge in [0.05, 0.1) is 24.3 Å². The van der Waals surface area contributed by atoms with Crippen LogP contribution in [0.5, 0.6) is 5.75 Å². The van der Waals surface area contributed by atoms with Crippen LogP contribution in [0.15, 0.2) is 36.4 Å². The van der Waals surface area contributed by atoms with Crippen molar-refractivity contribution in [1.82, 2.24) is 0 Å². The molecule has 0 saturated carbocycles. The van der Waals surface area contributed by atoms with Gasteiger partial charge in [0.25, 0.3) is 5.69 Å². The summed E-state index contributed by atoms with van der Waals surface area (Å²) >= 11 is 5.75. The van der Waals surface area contributed by atoms with Crippen LogP contribution >= 0.6 is 11.6 Å². The van der Waals surface area contributed by atoms with Crippen molar-refractivity contribution in [2.24, 2.45) is 0 Å². The van der Waals surface area contributed by atoms with Crippen LogP contribution in [0.1, 0.15) is 6.92 Å². The van der Waals surface area contributed by atoms with Gasteiger partial charge in [-0.1, -0.05) is 11.6 Å². The Kier molecular flexibility index (Phi) is 6.56. The van der Waals surface area contributed by atoms with Crippen molar-refractivity contribution in [3.05, 3.63) is 51.5 Å². The van der Waals surface area contributed by atoms with Gasteiger partial charge in [-0.2, -0.15) is 0 Å². The van der Waals surface area contributed by atoms with Gasteiger partial charge < -0.3 is 20.7 Å². The fourth-order valence-corrected chi connectivity index (χ4v) is 2.41. The van der Waals surface area contributed by atoms with Crippen molar-refractivity contribution in [3.63, 3.8) is 0 Å². The number of hydrogen-bond donors (Lipinski definition) is 3. The van der Waals surface area contributed by atoms with E-state index in [0.29, 0.717) is 22.8 Å². The van der Waals surface area contributed by atoms with Gasteiger partial charge in [0.1, 0.15) is 10.8 Å². The molecule has 0 aromatic heterocycles. The van der Waals surface area contributed by atoms with Gasteiger partial charge in [0.15, 0.2) is 0 Å². The number of nitrogens with zero attached hydrogens (tertiary/aromatic N) is 1. The van der Waals surface area contributed by atoms with Crippen LogP contribution in [0.4, 0.5) is 22.7 Å². The summed E-state index contributed by atoms with van der Waals surface area (Å²) in [6, 6.07) is 8.96. The summed E-state index contributed by atoms with van der Waals surface area (Å²) in [5.74, 6) is -0.242. The first-order chi connectivity index (χ1) is 12.8. The van der Waals surface area contributed by atoms with E-state index >= 15 is 0 Å². The molecule has 0 atom stereocenters. The predicted octanol–water partition coefficient (Wildman–Crippen LogP) is 3.27. The molecule has 0 fully saturated rings. The minimum absolute atomic E-state index is 0.00882. The van der Waals surface area contributed by atoms with Gasteiger partial charge in [-0.3, -0.25) is 19.7 Å². The second kappa shape index (κ2) is 8.86. The highest BCUT2D eigenvalue weighted by Gasteiger charge is 2.14. The van der Waals surface area contributed by atoms with Crippen molar-refractivity contribution >= 4 is 46.2 Å². The maximum absolute atomic E-state index is 12.2. The number of anilines is 3. The third-order valence-corrected chi connectivity index (χ3v) is 3.71. The molecule has 0 aliphatic rings. The Bertz CT molecular complexity index is 888. The van der Waals surface area contributed by atoms with Gasteiger partial charge in [-0.15, -0.1) is 0 Å². The summed E-state index contributed by atoms with van der Waals surface area (Å²) in [7, 11) is 1.45. The van der Waals surface area contributed by atoms with Crippen molar-refractivity contribution in [2.45, 2.75) is 6.92 Å². The Hall–Kier alpha value is -3.33. The maximum atomic E-state index is 12.2. The van der Waals surface area contributed by atoms with Crippen LogP contribution in [0, 0.1) is 10.1 Å². The SMILES string of the molecule is COc1ccc(NC(C)=O)cc1NC(=O)CNc1ccc(Cl)c([N+](=O)[O-])c1. The van der Waals surface area contributed by atoms with Crippen molar-refractivity contribution in [1.29, 1.82) is 0 Å². The molecule has 2 aromatic rings. The molecule has 2 rings (SSSR count). The lowest BCUT2D eigenvalue weighted by atomic mass is 10.2. The second-order valence-electron chi connectivity index (χ2n) is 5.42. The summed E-state index contributed by atoms with van der Waals surface area (Å²) in [6.07, 6.45) is 0. The lowest BCUT2D eigenvalue weighted by Crippen LogP contribution is -2.22. The molecule has 27 heavy (non-hydrogen) atoms. The fourth-order valence-electron chi connectivity index (χ4n) is 2.23. The molecule has 2 amide bonds. The molecular weight excluding hydrogens is 376 g/mol. The van der Waals surface area contributed by atoms with Crippen molar-refractivity contribution in [3.8, 4) is 5.75 Å². The molecule has 0 unspecified atom stereocenters. The van der Waals surface area contributed by atoms with Crippen molar-refractivity contribution < 1.29 is 19.2 Å². The summed E-state index contributed by atoms with van der Waals surface area (Å²) < 4.78 is 5.19. The van der Waals surface area contributed by atoms with Gasteiger partial charge >= 0.3 is 0 Å². The number of hydrogen-bond acceptors (Lipinski definition) is 6. The number of carbonyl (C=O) groups excluding carboxylic acids is 2. The number of halogens is 1. The number of amides is 2. The molecular formula is C17H17ClN4O5. The number of ether oxygens (including phenoxy) is 1. The molecule has 0 aliphatic heterocycles. The maximum Gasteiger partial charge on any atom is 0.289 e. The summed E-state index contributed by atoms with van der Waals surface area (Å²) in [6.45, 7) is 1.23. The van der Waals surface area contributed by atoms with Gasteiger partial charge in [-0.25, -0.2) is 0 Å². The second-order valence-corrected chi connectivity index (χ2v) is 5.83. The molecule has 0 saturated heterocycles. The zero-order valence-electron chi connectivity index (χ0n) is 14.5. The van der Waals surface area contributed by atoms with E-state index in [1.165, 1.54) is 32.2 Å². The number of benzene rings is 2. The van der Waals surface area contributed by atoms with Crippen molar-refractivity contribution in [2.75, 3.05) is 29.6 Å². The Balaban J connectivity index is 2.06. The Morgan fingerprint density at radius 2 is 1.85 bits per heavy atom. The molecule has 9 nitrogen and oxygen atoms in total. The average molecular weight is 393 g/mol. The topological polar surface area (TPSA) is 123 Å². The van der Waals surface area contributed by atoms with E-state index in [9.17, 15) is 19.7 Å². The smallest absolute Gasteiger partial charge is 0.289 e. The summed E-state index contributed by atoms with van der Waals surface area (Å²) in [5, 5.41) is 19.0. The lowest BCUT2D eigenvalue weighted by molar-refractivity contribution is -0.384. The van der Waals surface area contributed by atoms with E-state index in [2.05, 4.69) is 16.0 Å². The van der Waals surface area contributed by atoms with Gasteiger partial charge in [0, 0.05) is 24.4 Å². The van der Waals surface area contributed by atoms with E-state index < -0.39 is 10.8 Å². The van der Waals surface area contributed by atoms with Crippen LogP contribution in [-0.4, -0.2) is 30.4 Å². The number of nitro benzene ring substituents is 1.